The second kappa shape index (κ2) is 54.5. The highest BCUT2D eigenvalue weighted by Gasteiger charge is 2.54. The number of unbranched alkanes of at least 4 members (excludes halogenated alkanes) is 5. The average molecular weight is 1510 g/mol. The van der Waals surface area contributed by atoms with Gasteiger partial charge in [-0.15, -0.1) is 15.3 Å². The first-order valence-corrected chi connectivity index (χ1v) is 34.2. The zero-order chi connectivity index (χ0) is 62.5. The van der Waals surface area contributed by atoms with E-state index in [1.165, 1.54) is 0 Å². The molecule has 570 valence electrons. The van der Waals surface area contributed by atoms with Crippen LogP contribution in [0.15, 0.2) is 88.1 Å². The Morgan fingerprint density at radius 1 is 0.500 bits per heavy atom. The van der Waals surface area contributed by atoms with Crippen molar-refractivity contribution in [3.63, 3.8) is 0 Å². The normalized spacial score (nSPS) is 24.8. The summed E-state index contributed by atoms with van der Waals surface area (Å²) in [7, 11) is 0.918. The monoisotopic (exact) mass is 1510 g/mol. The van der Waals surface area contributed by atoms with Crippen LogP contribution < -0.4 is 18.9 Å². The molecule has 98 heavy (non-hydrogen) atoms. The van der Waals surface area contributed by atoms with E-state index in [1.807, 2.05) is 67.6 Å². The van der Waals surface area contributed by atoms with Crippen LogP contribution in [0.3, 0.4) is 0 Å². The molecule has 11 N–H and O–H groups in total. The fraction of sp³-hybridized carbons (Fsp3) is 0.662. The molecule has 27 nitrogen and oxygen atoms in total. The van der Waals surface area contributed by atoms with Gasteiger partial charge < -0.3 is 84.8 Å². The Kier molecular flexibility index (Phi) is 59.7. The van der Waals surface area contributed by atoms with Crippen molar-refractivity contribution in [2.24, 2.45) is 15.3 Å². The predicted molar refractivity (Wildman–Crippen MR) is 407 cm³/mol. The van der Waals surface area contributed by atoms with Gasteiger partial charge in [0.25, 0.3) is 0 Å². The number of ether oxygens (including phenoxy) is 6. The molecule has 0 spiro atoms. The van der Waals surface area contributed by atoms with Gasteiger partial charge in [0.2, 0.25) is 41.3 Å². The number of hydrogen-bond donors (Lipinski definition) is 11. The van der Waals surface area contributed by atoms with Crippen LogP contribution in [-0.4, -0.2) is 230 Å². The molecule has 3 aliphatic rings. The number of benzene rings is 3. The highest BCUT2D eigenvalue weighted by Crippen LogP contribution is 2.36. The van der Waals surface area contributed by atoms with E-state index >= 15 is 0 Å². The van der Waals surface area contributed by atoms with Crippen molar-refractivity contribution in [1.82, 2.24) is 19.7 Å². The molecular formula is C65H125N7O20P3S3+3. The van der Waals surface area contributed by atoms with Crippen molar-refractivity contribution < 1.29 is 97.9 Å². The molecule has 3 aliphatic heterocycles. The quantitative estimate of drug-likeness (QED) is 0.0117. The minimum atomic E-state index is -2.02. The molecule has 0 radical (unpaired) electrons. The molecule has 3 fully saturated rings. The van der Waals surface area contributed by atoms with Crippen LogP contribution in [-0.2, 0) is 75.1 Å². The Morgan fingerprint density at radius 3 is 1.33 bits per heavy atom. The number of carbonyl (C=O) groups excluding carboxylic acids is 1. The maximum absolute atomic E-state index is 12.6. The summed E-state index contributed by atoms with van der Waals surface area (Å²) in [5.74, 6) is 1.76. The minimum Gasteiger partial charge on any atom is -0.394 e. The summed E-state index contributed by atoms with van der Waals surface area (Å²) in [4.78, 5) is 12.6. The van der Waals surface area contributed by atoms with E-state index in [0.717, 1.165) is 36.0 Å². The molecule has 18 atom stereocenters. The predicted octanol–water partition coefficient (Wildman–Crippen LogP) is 9.46. The molecule has 0 saturated carbocycles. The van der Waals surface area contributed by atoms with Crippen molar-refractivity contribution in [3.05, 3.63) is 89.5 Å². The third-order valence-electron chi connectivity index (χ3n) is 13.6. The summed E-state index contributed by atoms with van der Waals surface area (Å²) < 4.78 is 56.5. The smallest absolute Gasteiger partial charge is 0.394 e. The average Bonchev–Trinajstić information content (AvgIpc) is 0.798. The lowest BCUT2D eigenvalue weighted by Gasteiger charge is -2.48. The number of hydrogen-bond acceptors (Lipinski definition) is 26. The van der Waals surface area contributed by atoms with Gasteiger partial charge >= 0.3 is 21.2 Å². The van der Waals surface area contributed by atoms with E-state index < -0.39 is 127 Å². The van der Waals surface area contributed by atoms with Crippen LogP contribution in [0.2, 0.25) is 0 Å². The first kappa shape index (κ1) is 107. The standard InChI is InChI=1S/C53H76N7O20P3S3.12CH4/c1-5-55-58(2)81(84)78-36-21-15-33(16-22-36)28-57-60(4)83(86)80-37-23-17-34(18-24-37)29-56-59(3)82(85)79-35-19-13-32(14-20-35)25-26-54-40(63)12-10-8-6-7-9-11-27-72-52-48(44(67)41(64)38(30-61)73-52)76-53-49(45(68)42(65)39(31-62)74-53)75-51-47(70)43(66)46(69)50(71)77-51;;;;;;;;;;;;/h5,13-24,28-29,38-39,41-53,61-62,64-71H,6-12,25-27,30-31H2,1-4H3;12*1H4/q+2;;;;;;;;;;;;/p+1/b55-5+,56-29+,57-28+;;;;;;;;;;;;. The topological polar surface area (TPSA) is 361 Å². The summed E-state index contributed by atoms with van der Waals surface area (Å²) >= 11 is 16.6. The lowest BCUT2D eigenvalue weighted by Crippen LogP contribution is -2.66. The summed E-state index contributed by atoms with van der Waals surface area (Å²) in [6, 6.07) is 22.2. The molecule has 33 heteroatoms. The Labute approximate surface area is 604 Å². The van der Waals surface area contributed by atoms with E-state index in [2.05, 4.69) is 20.6 Å². The maximum Gasteiger partial charge on any atom is 0.540 e. The van der Waals surface area contributed by atoms with E-state index in [0.29, 0.717) is 55.9 Å². The van der Waals surface area contributed by atoms with E-state index in [1.54, 1.807) is 66.3 Å². The van der Waals surface area contributed by atoms with Gasteiger partial charge in [-0.2, -0.15) is 0 Å². The van der Waals surface area contributed by atoms with E-state index in [9.17, 15) is 55.9 Å². The molecular weight excluding hydrogens is 1390 g/mol. The summed E-state index contributed by atoms with van der Waals surface area (Å²) in [5.41, 5.74) is 2.67. The third-order valence-corrected chi connectivity index (χ3v) is 19.2. The van der Waals surface area contributed by atoms with Crippen LogP contribution in [0.5, 0.6) is 17.2 Å². The highest BCUT2D eigenvalue weighted by molar-refractivity contribution is 8.02. The highest BCUT2D eigenvalue weighted by atomic mass is 32.4. The zero-order valence-corrected chi connectivity index (χ0v) is 52.7. The van der Waals surface area contributed by atoms with Gasteiger partial charge in [0.1, 0.15) is 67.1 Å². The van der Waals surface area contributed by atoms with Gasteiger partial charge in [-0.25, -0.2) is 0 Å². The number of aliphatic hydroxyl groups is 10. The van der Waals surface area contributed by atoms with E-state index in [-0.39, 0.29) is 102 Å². The second-order valence-electron chi connectivity index (χ2n) is 19.9. The molecule has 3 heterocycles. The van der Waals surface area contributed by atoms with Crippen LogP contribution in [0.1, 0.15) is 158 Å². The Bertz CT molecular complexity index is 2710. The molecule has 3 saturated heterocycles. The zero-order valence-electron chi connectivity index (χ0n) is 47.6. The van der Waals surface area contributed by atoms with Crippen molar-refractivity contribution in [2.75, 3.05) is 47.5 Å². The number of carbonyl (C=O) groups is 1. The maximum atomic E-state index is 12.6. The Hall–Kier alpha value is -4.14. The first-order chi connectivity index (χ1) is 41.2. The largest absolute Gasteiger partial charge is 0.540 e. The summed E-state index contributed by atoms with van der Waals surface area (Å²) in [6.45, 7) is 0.830. The molecule has 0 aromatic heterocycles. The SMILES string of the molecule is C.C.C.C.C.C.C.C.C.C.C.C.C/C=N/N(C)[P+](=S)Oc1ccc(/C=N/N(C)[P+](=S)Oc2ccc(/C=N/N(C)[P+](=S)Oc3ccc(CCNC(=O)CCCCCCCCOC4OC(CO)C(O)C(O)C4OC4OC(CO)C(O)C(O)C4OC4OC(O)C(O)C(O)C4O)cc3)cc2)cc1. The number of aliphatic hydroxyl groups excluding tert-OH is 10. The van der Waals surface area contributed by atoms with Crippen molar-refractivity contribution in [3.8, 4) is 17.2 Å². The summed E-state index contributed by atoms with van der Waals surface area (Å²) in [5, 5.41) is 120. The molecule has 3 aromatic rings. The lowest BCUT2D eigenvalue weighted by molar-refractivity contribution is -0.402. The fourth-order valence-electron chi connectivity index (χ4n) is 8.62. The van der Waals surface area contributed by atoms with Gasteiger partial charge in [-0.05, 0) is 104 Å². The minimum absolute atomic E-state index is 0. The van der Waals surface area contributed by atoms with Gasteiger partial charge in [-0.1, -0.05) is 141 Å². The van der Waals surface area contributed by atoms with Crippen molar-refractivity contribution in [1.29, 1.82) is 0 Å². The molecule has 0 bridgehead atoms. The van der Waals surface area contributed by atoms with Gasteiger partial charge in [0.05, 0.1) is 46.8 Å². The number of rotatable bonds is 33. The van der Waals surface area contributed by atoms with Gasteiger partial charge in [0, 0.05) is 25.8 Å². The first-order valence-electron chi connectivity index (χ1n) is 27.6. The van der Waals surface area contributed by atoms with Gasteiger partial charge in [-0.3, -0.25) is 18.4 Å². The van der Waals surface area contributed by atoms with Crippen molar-refractivity contribution >= 4 is 81.2 Å². The van der Waals surface area contributed by atoms with Crippen LogP contribution in [0.4, 0.5) is 0 Å². The second-order valence-corrected chi connectivity index (χ2v) is 26.4. The molecule has 0 aliphatic carbocycles. The van der Waals surface area contributed by atoms with Crippen LogP contribution in [0.25, 0.3) is 0 Å². The van der Waals surface area contributed by atoms with E-state index in [4.69, 9.17) is 77.4 Å². The van der Waals surface area contributed by atoms with Gasteiger partial charge in [0.15, 0.2) is 42.4 Å². The Morgan fingerprint density at radius 2 is 0.888 bits per heavy atom. The molecule has 18 unspecified atom stereocenters. The fourth-order valence-corrected chi connectivity index (χ4v) is 11.5. The third kappa shape index (κ3) is 32.5. The Balaban J connectivity index is -0.00000138. The molecule has 3 aromatic carbocycles. The van der Waals surface area contributed by atoms with Crippen LogP contribution in [0, 0.1) is 0 Å². The number of nitrogens with one attached hydrogen (secondary N) is 1. The van der Waals surface area contributed by atoms with Crippen molar-refractivity contribution in [2.45, 2.75) is 240 Å². The molecule has 1 amide bonds. The molecule has 6 rings (SSSR count). The lowest BCUT2D eigenvalue weighted by atomic mass is 9.97. The number of nitrogens with zero attached hydrogens (tertiary/aromatic N) is 6. The number of hydrazone groups is 3. The van der Waals surface area contributed by atoms with Crippen LogP contribution >= 0.6 is 21.2 Å². The number of amides is 1. The summed E-state index contributed by atoms with van der Waals surface area (Å²) in [6.07, 6.45) is -15.9.